The van der Waals surface area contributed by atoms with Gasteiger partial charge in [-0.1, -0.05) is 39.8 Å². The Morgan fingerprint density at radius 1 is 1.13 bits per heavy atom. The van der Waals surface area contributed by atoms with Gasteiger partial charge in [0.25, 0.3) is 0 Å². The number of hydrogen-bond donors (Lipinski definition) is 1. The molecule has 82 valence electrons. The van der Waals surface area contributed by atoms with Crippen molar-refractivity contribution in [3.63, 3.8) is 0 Å². The van der Waals surface area contributed by atoms with Gasteiger partial charge in [-0.3, -0.25) is 0 Å². The lowest BCUT2D eigenvalue weighted by atomic mass is 10.0. The molecule has 0 unspecified atom stereocenters. The van der Waals surface area contributed by atoms with Crippen molar-refractivity contribution in [3.8, 4) is 0 Å². The summed E-state index contributed by atoms with van der Waals surface area (Å²) in [4.78, 5) is 3.31. The maximum atomic E-state index is 3.31. The minimum Gasteiger partial charge on any atom is -0.361 e. The van der Waals surface area contributed by atoms with E-state index < -0.39 is 0 Å². The van der Waals surface area contributed by atoms with Gasteiger partial charge in [-0.25, -0.2) is 0 Å². The largest absolute Gasteiger partial charge is 0.361 e. The van der Waals surface area contributed by atoms with Crippen molar-refractivity contribution in [1.82, 2.24) is 4.98 Å². The molecule has 0 saturated carbocycles. The standard InChI is InChI=1S/C12H15N.C2H6/c1-8(2)11-7-13-12-6-9(3)4-5-10(11)12;1-2/h4-8,13H,1-3H3;1-2H3. The van der Waals surface area contributed by atoms with Gasteiger partial charge in [-0.2, -0.15) is 0 Å². The van der Waals surface area contributed by atoms with Crippen molar-refractivity contribution >= 4 is 10.9 Å². The first kappa shape index (κ1) is 11.8. The van der Waals surface area contributed by atoms with Crippen LogP contribution in [0.5, 0.6) is 0 Å². The minimum absolute atomic E-state index is 0.594. The molecule has 0 atom stereocenters. The molecule has 1 N–H and O–H groups in total. The molecule has 2 aromatic rings. The Kier molecular flexibility index (Phi) is 3.96. The molecule has 1 aromatic heterocycles. The summed E-state index contributed by atoms with van der Waals surface area (Å²) in [6.07, 6.45) is 2.12. The molecule has 0 spiro atoms. The third kappa shape index (κ3) is 2.41. The Balaban J connectivity index is 0.000000531. The van der Waals surface area contributed by atoms with Gasteiger partial charge in [0, 0.05) is 17.1 Å². The molecular weight excluding hydrogens is 182 g/mol. The predicted octanol–water partition coefficient (Wildman–Crippen LogP) is 4.63. The minimum atomic E-state index is 0.594. The molecular formula is C14H21N. The topological polar surface area (TPSA) is 15.8 Å². The summed E-state index contributed by atoms with van der Waals surface area (Å²) < 4.78 is 0. The molecule has 1 aromatic carbocycles. The monoisotopic (exact) mass is 203 g/mol. The lowest BCUT2D eigenvalue weighted by Crippen LogP contribution is -1.83. The summed E-state index contributed by atoms with van der Waals surface area (Å²) in [6.45, 7) is 10.6. The zero-order valence-electron chi connectivity index (χ0n) is 10.4. The van der Waals surface area contributed by atoms with E-state index in [9.17, 15) is 0 Å². The Labute approximate surface area is 92.5 Å². The Hall–Kier alpha value is -1.24. The molecule has 0 aliphatic rings. The van der Waals surface area contributed by atoms with E-state index in [0.29, 0.717) is 5.92 Å². The summed E-state index contributed by atoms with van der Waals surface area (Å²) in [5.41, 5.74) is 3.98. The van der Waals surface area contributed by atoms with Crippen LogP contribution in [0.15, 0.2) is 24.4 Å². The second kappa shape index (κ2) is 5.01. The molecule has 0 fully saturated rings. The van der Waals surface area contributed by atoms with Gasteiger partial charge < -0.3 is 4.98 Å². The van der Waals surface area contributed by atoms with Crippen LogP contribution in [-0.4, -0.2) is 4.98 Å². The Bertz CT molecular complexity index is 424. The number of benzene rings is 1. The van der Waals surface area contributed by atoms with Gasteiger partial charge in [-0.05, 0) is 30.0 Å². The van der Waals surface area contributed by atoms with Crippen molar-refractivity contribution in [2.75, 3.05) is 0 Å². The first-order valence-corrected chi connectivity index (χ1v) is 5.76. The SMILES string of the molecule is CC.Cc1ccc2c(C(C)C)c[nH]c2c1. The quantitative estimate of drug-likeness (QED) is 0.695. The van der Waals surface area contributed by atoms with Crippen LogP contribution in [0.2, 0.25) is 0 Å². The Morgan fingerprint density at radius 3 is 2.40 bits per heavy atom. The molecule has 0 radical (unpaired) electrons. The first-order valence-electron chi connectivity index (χ1n) is 5.76. The molecule has 0 aliphatic heterocycles. The van der Waals surface area contributed by atoms with E-state index >= 15 is 0 Å². The highest BCUT2D eigenvalue weighted by molar-refractivity contribution is 5.84. The number of aromatic amines is 1. The number of aryl methyl sites for hydroxylation is 1. The van der Waals surface area contributed by atoms with Crippen molar-refractivity contribution in [2.45, 2.75) is 40.5 Å². The highest BCUT2D eigenvalue weighted by atomic mass is 14.7. The first-order chi connectivity index (χ1) is 7.18. The molecule has 0 saturated heterocycles. The number of rotatable bonds is 1. The van der Waals surface area contributed by atoms with Crippen molar-refractivity contribution in [3.05, 3.63) is 35.5 Å². The van der Waals surface area contributed by atoms with Gasteiger partial charge in [-0.15, -0.1) is 0 Å². The second-order valence-electron chi connectivity index (χ2n) is 3.95. The van der Waals surface area contributed by atoms with Crippen molar-refractivity contribution in [2.24, 2.45) is 0 Å². The smallest absolute Gasteiger partial charge is 0.0459 e. The van der Waals surface area contributed by atoms with Crippen LogP contribution in [0.3, 0.4) is 0 Å². The average Bonchev–Trinajstić information content (AvgIpc) is 2.63. The zero-order chi connectivity index (χ0) is 11.4. The Morgan fingerprint density at radius 2 is 1.80 bits per heavy atom. The van der Waals surface area contributed by atoms with Crippen LogP contribution in [0, 0.1) is 6.92 Å². The maximum Gasteiger partial charge on any atom is 0.0459 e. The summed E-state index contributed by atoms with van der Waals surface area (Å²) in [6, 6.07) is 6.57. The molecule has 15 heavy (non-hydrogen) atoms. The van der Waals surface area contributed by atoms with Gasteiger partial charge in [0.15, 0.2) is 0 Å². The van der Waals surface area contributed by atoms with E-state index in [1.54, 1.807) is 0 Å². The normalized spacial score (nSPS) is 10.3. The number of aromatic nitrogens is 1. The highest BCUT2D eigenvalue weighted by Crippen LogP contribution is 2.25. The summed E-state index contributed by atoms with van der Waals surface area (Å²) in [5, 5.41) is 1.36. The van der Waals surface area contributed by atoms with Crippen molar-refractivity contribution < 1.29 is 0 Å². The third-order valence-corrected chi connectivity index (χ3v) is 2.49. The number of hydrogen-bond acceptors (Lipinski definition) is 0. The zero-order valence-corrected chi connectivity index (χ0v) is 10.4. The number of fused-ring (bicyclic) bond motifs is 1. The maximum absolute atomic E-state index is 3.31. The van der Waals surface area contributed by atoms with E-state index in [0.717, 1.165) is 0 Å². The van der Waals surface area contributed by atoms with Crippen molar-refractivity contribution in [1.29, 1.82) is 0 Å². The fraction of sp³-hybridized carbons (Fsp3) is 0.429. The molecule has 1 heterocycles. The number of H-pyrrole nitrogens is 1. The molecule has 0 aliphatic carbocycles. The van der Waals surface area contributed by atoms with Crippen LogP contribution < -0.4 is 0 Å². The van der Waals surface area contributed by atoms with E-state index in [-0.39, 0.29) is 0 Å². The lowest BCUT2D eigenvalue weighted by molar-refractivity contribution is 0.875. The highest BCUT2D eigenvalue weighted by Gasteiger charge is 2.06. The second-order valence-corrected chi connectivity index (χ2v) is 3.95. The van der Waals surface area contributed by atoms with Crippen LogP contribution in [0.1, 0.15) is 44.7 Å². The molecule has 1 nitrogen and oxygen atoms in total. The van der Waals surface area contributed by atoms with E-state index in [1.165, 1.54) is 22.0 Å². The molecule has 2 rings (SSSR count). The van der Waals surface area contributed by atoms with Crippen LogP contribution in [0.25, 0.3) is 10.9 Å². The van der Waals surface area contributed by atoms with Gasteiger partial charge in [0.2, 0.25) is 0 Å². The third-order valence-electron chi connectivity index (χ3n) is 2.49. The van der Waals surface area contributed by atoms with Crippen LogP contribution in [-0.2, 0) is 0 Å². The van der Waals surface area contributed by atoms with Gasteiger partial charge in [0.1, 0.15) is 0 Å². The lowest BCUT2D eigenvalue weighted by Gasteiger charge is -2.01. The van der Waals surface area contributed by atoms with Crippen LogP contribution in [0.4, 0.5) is 0 Å². The molecule has 0 amide bonds. The van der Waals surface area contributed by atoms with Crippen LogP contribution >= 0.6 is 0 Å². The average molecular weight is 203 g/mol. The van der Waals surface area contributed by atoms with E-state index in [4.69, 9.17) is 0 Å². The van der Waals surface area contributed by atoms with E-state index in [2.05, 4.69) is 50.2 Å². The summed E-state index contributed by atoms with van der Waals surface area (Å²) in [7, 11) is 0. The molecule has 0 bridgehead atoms. The van der Waals surface area contributed by atoms with Gasteiger partial charge >= 0.3 is 0 Å². The fourth-order valence-electron chi connectivity index (χ4n) is 1.74. The fourth-order valence-corrected chi connectivity index (χ4v) is 1.74. The predicted molar refractivity (Wildman–Crippen MR) is 68.5 cm³/mol. The number of nitrogens with one attached hydrogen (secondary N) is 1. The molecule has 1 heteroatoms. The van der Waals surface area contributed by atoms with Gasteiger partial charge in [0.05, 0.1) is 0 Å². The summed E-state index contributed by atoms with van der Waals surface area (Å²) in [5.74, 6) is 0.594. The van der Waals surface area contributed by atoms with E-state index in [1.807, 2.05) is 13.8 Å². The summed E-state index contributed by atoms with van der Waals surface area (Å²) >= 11 is 0.